The Morgan fingerprint density at radius 1 is 0.774 bits per heavy atom. The first kappa shape index (κ1) is 20.5. The molecule has 3 aromatic carbocycles. The second-order valence-corrected chi connectivity index (χ2v) is 6.82. The van der Waals surface area contributed by atoms with Crippen molar-refractivity contribution in [2.75, 3.05) is 14.2 Å². The van der Waals surface area contributed by atoms with Crippen LogP contribution >= 0.6 is 0 Å². The van der Waals surface area contributed by atoms with E-state index in [4.69, 9.17) is 9.47 Å². The Bertz CT molecular complexity index is 1150. The summed E-state index contributed by atoms with van der Waals surface area (Å²) in [4.78, 5) is 7.69. The van der Waals surface area contributed by atoms with Crippen LogP contribution in [0.5, 0.6) is 11.5 Å². The van der Waals surface area contributed by atoms with Gasteiger partial charge in [-0.05, 0) is 30.3 Å². The number of halogens is 3. The standard InChI is InChI=1S/C24H19F3N2O2/c1-30-17-9-5-7-15(13-17)21-22(16-8-6-10-18(14-16)31-2)29-23(28-21)19-11-3-4-12-20(19)24(25,26)27/h3-14H,1-2H3,(H,28,29). The average molecular weight is 424 g/mol. The molecule has 158 valence electrons. The summed E-state index contributed by atoms with van der Waals surface area (Å²) in [5.41, 5.74) is 1.77. The number of nitrogens with zero attached hydrogens (tertiary/aromatic N) is 1. The van der Waals surface area contributed by atoms with Crippen molar-refractivity contribution in [1.29, 1.82) is 0 Å². The maximum absolute atomic E-state index is 13.6. The Morgan fingerprint density at radius 2 is 1.39 bits per heavy atom. The Kier molecular flexibility index (Phi) is 5.42. The maximum Gasteiger partial charge on any atom is 0.417 e. The van der Waals surface area contributed by atoms with Crippen LogP contribution in [0.3, 0.4) is 0 Å². The first-order chi connectivity index (χ1) is 14.9. The molecule has 0 unspecified atom stereocenters. The predicted octanol–water partition coefficient (Wildman–Crippen LogP) is 6.45. The summed E-state index contributed by atoms with van der Waals surface area (Å²) in [5.74, 6) is 1.37. The summed E-state index contributed by atoms with van der Waals surface area (Å²) < 4.78 is 51.4. The molecular weight excluding hydrogens is 405 g/mol. The summed E-state index contributed by atoms with van der Waals surface area (Å²) in [7, 11) is 3.11. The van der Waals surface area contributed by atoms with Gasteiger partial charge in [-0.1, -0.05) is 42.5 Å². The smallest absolute Gasteiger partial charge is 0.417 e. The third kappa shape index (κ3) is 4.12. The van der Waals surface area contributed by atoms with Gasteiger partial charge in [-0.15, -0.1) is 0 Å². The molecule has 1 aromatic heterocycles. The maximum atomic E-state index is 13.6. The van der Waals surface area contributed by atoms with E-state index in [9.17, 15) is 13.2 Å². The zero-order chi connectivity index (χ0) is 22.0. The fourth-order valence-electron chi connectivity index (χ4n) is 3.40. The van der Waals surface area contributed by atoms with Crippen LogP contribution in [0.4, 0.5) is 13.2 Å². The number of H-pyrrole nitrogens is 1. The number of hydrogen-bond acceptors (Lipinski definition) is 3. The molecule has 0 bridgehead atoms. The molecule has 4 aromatic rings. The van der Waals surface area contributed by atoms with E-state index in [1.165, 1.54) is 12.1 Å². The zero-order valence-corrected chi connectivity index (χ0v) is 16.8. The second kappa shape index (κ2) is 8.18. The highest BCUT2D eigenvalue weighted by Crippen LogP contribution is 2.39. The number of aromatic nitrogens is 2. The Morgan fingerprint density at radius 3 is 2.03 bits per heavy atom. The third-order valence-electron chi connectivity index (χ3n) is 4.89. The molecule has 1 heterocycles. The van der Waals surface area contributed by atoms with E-state index >= 15 is 0 Å². The van der Waals surface area contributed by atoms with E-state index in [1.54, 1.807) is 44.6 Å². The lowest BCUT2D eigenvalue weighted by atomic mass is 10.0. The number of imidazole rings is 1. The van der Waals surface area contributed by atoms with Crippen LogP contribution in [0.25, 0.3) is 33.9 Å². The number of nitrogens with one attached hydrogen (secondary N) is 1. The minimum absolute atomic E-state index is 0.0201. The minimum atomic E-state index is -4.50. The number of benzene rings is 3. The number of hydrogen-bond donors (Lipinski definition) is 1. The molecule has 0 aliphatic carbocycles. The molecule has 31 heavy (non-hydrogen) atoms. The molecule has 0 atom stereocenters. The fraction of sp³-hybridized carbons (Fsp3) is 0.125. The Hall–Kier alpha value is -3.74. The van der Waals surface area contributed by atoms with Crippen LogP contribution < -0.4 is 9.47 Å². The SMILES string of the molecule is COc1cccc(-c2nc(-c3ccccc3C(F)(F)F)[nH]c2-c2cccc(OC)c2)c1. The van der Waals surface area contributed by atoms with Gasteiger partial charge < -0.3 is 14.5 Å². The third-order valence-corrected chi connectivity index (χ3v) is 4.89. The normalized spacial score (nSPS) is 11.4. The number of ether oxygens (including phenoxy) is 2. The first-order valence-electron chi connectivity index (χ1n) is 9.46. The van der Waals surface area contributed by atoms with Crippen LogP contribution in [0.1, 0.15) is 5.56 Å². The molecule has 7 heteroatoms. The van der Waals surface area contributed by atoms with Crippen molar-refractivity contribution in [1.82, 2.24) is 9.97 Å². The molecule has 0 spiro atoms. The van der Waals surface area contributed by atoms with Crippen molar-refractivity contribution in [3.63, 3.8) is 0 Å². The van der Waals surface area contributed by atoms with Crippen molar-refractivity contribution in [3.05, 3.63) is 78.4 Å². The van der Waals surface area contributed by atoms with Crippen molar-refractivity contribution in [2.45, 2.75) is 6.18 Å². The van der Waals surface area contributed by atoms with Crippen molar-refractivity contribution < 1.29 is 22.6 Å². The summed E-state index contributed by atoms with van der Waals surface area (Å²) in [6, 6.07) is 19.9. The molecule has 1 N–H and O–H groups in total. The summed E-state index contributed by atoms with van der Waals surface area (Å²) >= 11 is 0. The lowest BCUT2D eigenvalue weighted by Crippen LogP contribution is -2.07. The zero-order valence-electron chi connectivity index (χ0n) is 16.8. The Balaban J connectivity index is 1.95. The van der Waals surface area contributed by atoms with Crippen LogP contribution in [0.2, 0.25) is 0 Å². The molecule has 0 aliphatic rings. The molecule has 0 saturated carbocycles. The van der Waals surface area contributed by atoms with E-state index in [1.807, 2.05) is 24.3 Å². The number of rotatable bonds is 5. The number of methoxy groups -OCH3 is 2. The summed E-state index contributed by atoms with van der Waals surface area (Å²) in [5, 5.41) is 0. The molecule has 0 saturated heterocycles. The monoisotopic (exact) mass is 424 g/mol. The predicted molar refractivity (Wildman–Crippen MR) is 113 cm³/mol. The lowest BCUT2D eigenvalue weighted by molar-refractivity contribution is -0.137. The summed E-state index contributed by atoms with van der Waals surface area (Å²) in [6.07, 6.45) is -4.50. The van der Waals surface area contributed by atoms with E-state index in [0.717, 1.165) is 11.6 Å². The first-order valence-corrected chi connectivity index (χ1v) is 9.46. The molecule has 4 nitrogen and oxygen atoms in total. The van der Waals surface area contributed by atoms with Crippen molar-refractivity contribution in [2.24, 2.45) is 0 Å². The highest BCUT2D eigenvalue weighted by atomic mass is 19.4. The topological polar surface area (TPSA) is 47.1 Å². The molecule has 0 aliphatic heterocycles. The number of alkyl halides is 3. The van der Waals surface area contributed by atoms with Gasteiger partial charge in [-0.25, -0.2) is 4.98 Å². The van der Waals surface area contributed by atoms with Crippen molar-refractivity contribution >= 4 is 0 Å². The van der Waals surface area contributed by atoms with Gasteiger partial charge in [0.15, 0.2) is 0 Å². The van der Waals surface area contributed by atoms with E-state index in [-0.39, 0.29) is 11.4 Å². The number of aromatic amines is 1. The molecule has 4 rings (SSSR count). The van der Waals surface area contributed by atoms with E-state index in [0.29, 0.717) is 28.5 Å². The fourth-order valence-corrected chi connectivity index (χ4v) is 3.40. The molecule has 0 fully saturated rings. The quantitative estimate of drug-likeness (QED) is 0.401. The van der Waals surface area contributed by atoms with Crippen LogP contribution in [0.15, 0.2) is 72.8 Å². The molecular formula is C24H19F3N2O2. The van der Waals surface area contributed by atoms with Gasteiger partial charge in [0.1, 0.15) is 17.3 Å². The van der Waals surface area contributed by atoms with Gasteiger partial charge in [0.2, 0.25) is 0 Å². The van der Waals surface area contributed by atoms with Gasteiger partial charge in [-0.3, -0.25) is 0 Å². The van der Waals surface area contributed by atoms with Gasteiger partial charge in [0, 0.05) is 16.7 Å². The second-order valence-electron chi connectivity index (χ2n) is 6.82. The van der Waals surface area contributed by atoms with Crippen LogP contribution in [-0.2, 0) is 6.18 Å². The van der Waals surface area contributed by atoms with Gasteiger partial charge in [0.25, 0.3) is 0 Å². The minimum Gasteiger partial charge on any atom is -0.497 e. The van der Waals surface area contributed by atoms with Gasteiger partial charge in [0.05, 0.1) is 31.2 Å². The lowest BCUT2D eigenvalue weighted by Gasteiger charge is -2.10. The highest BCUT2D eigenvalue weighted by molar-refractivity contribution is 5.82. The highest BCUT2D eigenvalue weighted by Gasteiger charge is 2.34. The molecule has 0 radical (unpaired) electrons. The van der Waals surface area contributed by atoms with Crippen LogP contribution in [-0.4, -0.2) is 24.2 Å². The van der Waals surface area contributed by atoms with Gasteiger partial charge >= 0.3 is 6.18 Å². The van der Waals surface area contributed by atoms with Gasteiger partial charge in [-0.2, -0.15) is 13.2 Å². The van der Waals surface area contributed by atoms with E-state index < -0.39 is 11.7 Å². The average Bonchev–Trinajstić information content (AvgIpc) is 3.24. The van der Waals surface area contributed by atoms with Crippen LogP contribution in [0, 0.1) is 0 Å². The van der Waals surface area contributed by atoms with E-state index in [2.05, 4.69) is 9.97 Å². The largest absolute Gasteiger partial charge is 0.497 e. The van der Waals surface area contributed by atoms with Crippen molar-refractivity contribution in [3.8, 4) is 45.4 Å². The summed E-state index contributed by atoms with van der Waals surface area (Å²) in [6.45, 7) is 0. The molecule has 0 amide bonds. The Labute approximate surface area is 177 Å².